The predicted molar refractivity (Wildman–Crippen MR) is 86.1 cm³/mol. The van der Waals surface area contributed by atoms with E-state index < -0.39 is 0 Å². The van der Waals surface area contributed by atoms with Crippen molar-refractivity contribution in [2.45, 2.75) is 44.6 Å². The molecule has 1 atom stereocenters. The van der Waals surface area contributed by atoms with Crippen LogP contribution in [-0.4, -0.2) is 24.1 Å². The summed E-state index contributed by atoms with van der Waals surface area (Å²) >= 11 is 1.90. The highest BCUT2D eigenvalue weighted by Crippen LogP contribution is 2.52. The largest absolute Gasteiger partial charge is 0.377 e. The van der Waals surface area contributed by atoms with E-state index in [0.717, 1.165) is 28.3 Å². The number of nitrogens with zero attached hydrogens (tertiary/aromatic N) is 2. The smallest absolute Gasteiger partial charge is 0.158 e. The molecule has 2 heterocycles. The summed E-state index contributed by atoms with van der Waals surface area (Å²) in [5, 5.41) is 4.53. The minimum Gasteiger partial charge on any atom is -0.377 e. The second-order valence-corrected chi connectivity index (χ2v) is 7.16. The molecule has 1 unspecified atom stereocenters. The topological polar surface area (TPSA) is 47.0 Å². The van der Waals surface area contributed by atoms with Crippen LogP contribution in [0.4, 0.5) is 5.82 Å². The van der Waals surface area contributed by atoms with Crippen molar-refractivity contribution >= 4 is 27.4 Å². The first-order valence-corrected chi connectivity index (χ1v) is 8.62. The fourth-order valence-corrected chi connectivity index (χ4v) is 5.09. The van der Waals surface area contributed by atoms with E-state index in [1.54, 1.807) is 12.0 Å². The number of rotatable bonds is 4. The minimum absolute atomic E-state index is 0.471. The Morgan fingerprint density at radius 2 is 2.14 bits per heavy atom. The molecule has 5 heteroatoms. The Morgan fingerprint density at radius 1 is 1.29 bits per heavy atom. The van der Waals surface area contributed by atoms with Crippen LogP contribution in [0.5, 0.6) is 0 Å². The molecule has 0 aromatic carbocycles. The van der Waals surface area contributed by atoms with E-state index in [2.05, 4.69) is 10.3 Å². The lowest BCUT2D eigenvalue weighted by Crippen LogP contribution is -2.09. The Labute approximate surface area is 128 Å². The van der Waals surface area contributed by atoms with Crippen LogP contribution in [0, 0.1) is 5.92 Å². The molecule has 0 radical (unpaired) electrons. The zero-order chi connectivity index (χ0) is 14.4. The molecular formula is C16H21N3OS. The molecule has 0 spiro atoms. The van der Waals surface area contributed by atoms with Gasteiger partial charge in [0.05, 0.1) is 5.39 Å². The number of aryl methyl sites for hydroxylation is 1. The van der Waals surface area contributed by atoms with Crippen molar-refractivity contribution in [3.8, 4) is 0 Å². The fraction of sp³-hybridized carbons (Fsp3) is 0.625. The lowest BCUT2D eigenvalue weighted by atomic mass is 9.85. The molecule has 4 rings (SSSR count). The van der Waals surface area contributed by atoms with Gasteiger partial charge in [0.1, 0.15) is 17.3 Å². The van der Waals surface area contributed by atoms with E-state index >= 15 is 0 Å². The first-order valence-electron chi connectivity index (χ1n) is 7.80. The van der Waals surface area contributed by atoms with Gasteiger partial charge in [-0.05, 0) is 49.5 Å². The van der Waals surface area contributed by atoms with Gasteiger partial charge in [-0.2, -0.15) is 0 Å². The van der Waals surface area contributed by atoms with Crippen molar-refractivity contribution in [3.05, 3.63) is 16.3 Å². The van der Waals surface area contributed by atoms with Crippen molar-refractivity contribution in [3.63, 3.8) is 0 Å². The van der Waals surface area contributed by atoms with Gasteiger partial charge in [0.2, 0.25) is 0 Å². The van der Waals surface area contributed by atoms with Crippen LogP contribution in [0.2, 0.25) is 0 Å². The Hall–Kier alpha value is -1.20. The molecule has 4 nitrogen and oxygen atoms in total. The number of nitrogens with one attached hydrogen (secondary N) is 1. The number of fused-ring (bicyclic) bond motifs is 3. The summed E-state index contributed by atoms with van der Waals surface area (Å²) in [6.07, 6.45) is 6.68. The normalized spacial score (nSPS) is 21.5. The number of aromatic nitrogens is 2. The highest BCUT2D eigenvalue weighted by Gasteiger charge is 2.37. The van der Waals surface area contributed by atoms with E-state index in [0.29, 0.717) is 6.61 Å². The number of thiophene rings is 1. The van der Waals surface area contributed by atoms with Crippen molar-refractivity contribution in [2.24, 2.45) is 5.92 Å². The van der Waals surface area contributed by atoms with Crippen LogP contribution in [0.1, 0.15) is 47.9 Å². The number of hydrogen-bond donors (Lipinski definition) is 1. The lowest BCUT2D eigenvalue weighted by molar-refractivity contribution is 0.178. The summed E-state index contributed by atoms with van der Waals surface area (Å²) in [5.74, 6) is 3.46. The van der Waals surface area contributed by atoms with Gasteiger partial charge in [-0.1, -0.05) is 0 Å². The summed E-state index contributed by atoms with van der Waals surface area (Å²) in [6.45, 7) is 0.471. The average molecular weight is 303 g/mol. The van der Waals surface area contributed by atoms with Crippen LogP contribution in [0.15, 0.2) is 0 Å². The van der Waals surface area contributed by atoms with E-state index in [4.69, 9.17) is 9.72 Å². The Balaban J connectivity index is 1.89. The van der Waals surface area contributed by atoms with Gasteiger partial charge in [-0.3, -0.25) is 0 Å². The third-order valence-corrected chi connectivity index (χ3v) is 5.97. The van der Waals surface area contributed by atoms with Gasteiger partial charge in [0, 0.05) is 19.0 Å². The quantitative estimate of drug-likeness (QED) is 0.935. The van der Waals surface area contributed by atoms with Gasteiger partial charge in [0.15, 0.2) is 5.82 Å². The Morgan fingerprint density at radius 3 is 2.86 bits per heavy atom. The van der Waals surface area contributed by atoms with Gasteiger partial charge in [-0.25, -0.2) is 9.97 Å². The molecule has 112 valence electrons. The summed E-state index contributed by atoms with van der Waals surface area (Å²) < 4.78 is 5.20. The molecule has 0 saturated heterocycles. The van der Waals surface area contributed by atoms with Crippen molar-refractivity contribution in [1.82, 2.24) is 9.97 Å². The second kappa shape index (κ2) is 5.21. The average Bonchev–Trinajstić information content (AvgIpc) is 3.26. The standard InChI is InChI=1S/C16H21N3OS/c1-17-15-13-11-5-3-4-10(9-6-7-9)14(11)21-16(13)19-12(18-15)8-20-2/h9-10H,3-8H2,1-2H3,(H,17,18,19). The highest BCUT2D eigenvalue weighted by atomic mass is 32.1. The molecule has 2 aliphatic rings. The molecule has 1 fully saturated rings. The van der Waals surface area contributed by atoms with Crippen LogP contribution >= 0.6 is 11.3 Å². The van der Waals surface area contributed by atoms with Crippen molar-refractivity contribution in [2.75, 3.05) is 19.5 Å². The van der Waals surface area contributed by atoms with E-state index in [1.807, 2.05) is 18.4 Å². The summed E-state index contributed by atoms with van der Waals surface area (Å²) in [4.78, 5) is 12.1. The Kier molecular flexibility index (Phi) is 3.34. The maximum atomic E-state index is 5.20. The van der Waals surface area contributed by atoms with E-state index in [-0.39, 0.29) is 0 Å². The molecule has 0 aliphatic heterocycles. The molecule has 2 aromatic heterocycles. The van der Waals surface area contributed by atoms with E-state index in [9.17, 15) is 0 Å². The van der Waals surface area contributed by atoms with Crippen molar-refractivity contribution < 1.29 is 4.74 Å². The lowest BCUT2D eigenvalue weighted by Gasteiger charge is -2.22. The van der Waals surface area contributed by atoms with Crippen LogP contribution < -0.4 is 5.32 Å². The summed E-state index contributed by atoms with van der Waals surface area (Å²) in [5.41, 5.74) is 1.52. The van der Waals surface area contributed by atoms with Crippen LogP contribution in [0.25, 0.3) is 10.2 Å². The molecular weight excluding hydrogens is 282 g/mol. The summed E-state index contributed by atoms with van der Waals surface area (Å²) in [6, 6.07) is 0. The first-order chi connectivity index (χ1) is 10.3. The molecule has 2 aliphatic carbocycles. The van der Waals surface area contributed by atoms with Gasteiger partial charge < -0.3 is 10.1 Å². The minimum atomic E-state index is 0.471. The number of anilines is 1. The molecule has 0 bridgehead atoms. The molecule has 21 heavy (non-hydrogen) atoms. The monoisotopic (exact) mass is 303 g/mol. The third-order valence-electron chi connectivity index (χ3n) is 4.71. The third kappa shape index (κ3) is 2.23. The fourth-order valence-electron chi connectivity index (χ4n) is 3.62. The number of ether oxygens (including phenoxy) is 1. The van der Waals surface area contributed by atoms with Crippen molar-refractivity contribution in [1.29, 1.82) is 0 Å². The molecule has 2 aromatic rings. The maximum absolute atomic E-state index is 5.20. The van der Waals surface area contributed by atoms with Gasteiger partial charge in [-0.15, -0.1) is 11.3 Å². The first kappa shape index (κ1) is 13.5. The zero-order valence-electron chi connectivity index (χ0n) is 12.6. The Bertz CT molecular complexity index is 678. The second-order valence-electron chi connectivity index (χ2n) is 6.13. The number of hydrogen-bond acceptors (Lipinski definition) is 5. The van der Waals surface area contributed by atoms with Crippen LogP contribution in [-0.2, 0) is 17.8 Å². The SMILES string of the molecule is CNc1nc(COC)nc2sc3c(c12)CCCC3C1CC1. The van der Waals surface area contributed by atoms with Gasteiger partial charge in [0.25, 0.3) is 0 Å². The highest BCUT2D eigenvalue weighted by molar-refractivity contribution is 7.19. The van der Waals surface area contributed by atoms with Gasteiger partial charge >= 0.3 is 0 Å². The zero-order valence-corrected chi connectivity index (χ0v) is 13.4. The predicted octanol–water partition coefficient (Wildman–Crippen LogP) is 3.71. The molecule has 0 amide bonds. The van der Waals surface area contributed by atoms with E-state index in [1.165, 1.54) is 43.1 Å². The molecule has 1 saturated carbocycles. The number of methoxy groups -OCH3 is 1. The summed E-state index contributed by atoms with van der Waals surface area (Å²) in [7, 11) is 3.64. The molecule has 1 N–H and O–H groups in total. The maximum Gasteiger partial charge on any atom is 0.158 e. The van der Waals surface area contributed by atoms with Crippen LogP contribution in [0.3, 0.4) is 0 Å².